The number of nitriles is 1. The number of rotatable bonds is 9. The molecule has 1 saturated heterocycles. The maximum Gasteiger partial charge on any atom is 0.417 e. The lowest BCUT2D eigenvalue weighted by atomic mass is 10.0. The zero-order chi connectivity index (χ0) is 30.4. The predicted octanol–water partition coefficient (Wildman–Crippen LogP) is 5.16. The molecule has 0 unspecified atom stereocenters. The average molecular weight is 582 g/mol. The van der Waals surface area contributed by atoms with Gasteiger partial charge in [0.05, 0.1) is 22.9 Å². The molecule has 4 rings (SSSR count). The SMILES string of the molecule is CC1=C(CCCCCN2CCN(C(=O)NCc3cccc(C)c3)CC2)C(=O)N(c2ccc(C#N)c(C(F)(F)F)c2)C1=O. The molecule has 2 heterocycles. The van der Waals surface area contributed by atoms with Gasteiger partial charge >= 0.3 is 12.2 Å². The summed E-state index contributed by atoms with van der Waals surface area (Å²) in [7, 11) is 0. The highest BCUT2D eigenvalue weighted by Gasteiger charge is 2.39. The van der Waals surface area contributed by atoms with Crippen molar-refractivity contribution in [2.24, 2.45) is 0 Å². The lowest BCUT2D eigenvalue weighted by molar-refractivity contribution is -0.138. The van der Waals surface area contributed by atoms with Crippen LogP contribution in [-0.4, -0.2) is 60.4 Å². The van der Waals surface area contributed by atoms with Crippen LogP contribution < -0.4 is 10.2 Å². The number of unbranched alkanes of at least 4 members (excludes halogenated alkanes) is 2. The van der Waals surface area contributed by atoms with Crippen molar-refractivity contribution in [3.63, 3.8) is 0 Å². The zero-order valence-corrected chi connectivity index (χ0v) is 23.8. The van der Waals surface area contributed by atoms with E-state index in [-0.39, 0.29) is 17.3 Å². The lowest BCUT2D eigenvalue weighted by Gasteiger charge is -2.34. The van der Waals surface area contributed by atoms with Crippen LogP contribution in [0.5, 0.6) is 0 Å². The average Bonchev–Trinajstić information content (AvgIpc) is 3.18. The van der Waals surface area contributed by atoms with Gasteiger partial charge in [0.15, 0.2) is 0 Å². The second-order valence-corrected chi connectivity index (χ2v) is 10.7. The van der Waals surface area contributed by atoms with Crippen molar-refractivity contribution < 1.29 is 27.6 Å². The second kappa shape index (κ2) is 13.2. The number of anilines is 1. The van der Waals surface area contributed by atoms with Crippen LogP contribution in [0.3, 0.4) is 0 Å². The fourth-order valence-electron chi connectivity index (χ4n) is 5.32. The Kier molecular flexibility index (Phi) is 9.68. The molecule has 2 aliphatic rings. The van der Waals surface area contributed by atoms with Crippen LogP contribution in [0.1, 0.15) is 54.9 Å². The van der Waals surface area contributed by atoms with Crippen LogP contribution in [0.25, 0.3) is 0 Å². The van der Waals surface area contributed by atoms with Crippen molar-refractivity contribution >= 4 is 23.5 Å². The van der Waals surface area contributed by atoms with E-state index < -0.39 is 29.1 Å². The first-order valence-electron chi connectivity index (χ1n) is 14.0. The molecule has 1 fully saturated rings. The molecule has 0 aromatic heterocycles. The minimum atomic E-state index is -4.79. The van der Waals surface area contributed by atoms with Crippen molar-refractivity contribution in [3.8, 4) is 6.07 Å². The van der Waals surface area contributed by atoms with Gasteiger partial charge in [-0.15, -0.1) is 0 Å². The molecule has 0 spiro atoms. The Morgan fingerprint density at radius 3 is 2.38 bits per heavy atom. The summed E-state index contributed by atoms with van der Waals surface area (Å²) in [6.45, 7) is 7.70. The summed E-state index contributed by atoms with van der Waals surface area (Å²) < 4.78 is 40.2. The standard InChI is InChI=1S/C31H34F3N5O3/c1-21-7-6-8-23(17-21)20-36-30(42)38-15-13-37(14-16-38)12-5-3-4-9-26-22(2)28(40)39(29(26)41)25-11-10-24(19-35)27(18-25)31(32,33)34/h6-8,10-11,17-18H,3-5,9,12-16,20H2,1-2H3,(H,36,42). The maximum atomic E-state index is 13.4. The molecule has 2 aromatic carbocycles. The molecule has 42 heavy (non-hydrogen) atoms. The Bertz CT molecular complexity index is 1420. The summed E-state index contributed by atoms with van der Waals surface area (Å²) in [5.74, 6) is -1.26. The highest BCUT2D eigenvalue weighted by molar-refractivity contribution is 6.32. The highest BCUT2D eigenvalue weighted by atomic mass is 19.4. The molecule has 0 bridgehead atoms. The van der Waals surface area contributed by atoms with Gasteiger partial charge in [0, 0.05) is 43.9 Å². The first kappa shape index (κ1) is 30.8. The molecular formula is C31H34F3N5O3. The van der Waals surface area contributed by atoms with Crippen LogP contribution in [0.15, 0.2) is 53.6 Å². The van der Waals surface area contributed by atoms with E-state index in [1.807, 2.05) is 30.0 Å². The zero-order valence-electron chi connectivity index (χ0n) is 23.8. The van der Waals surface area contributed by atoms with Gasteiger partial charge in [0.25, 0.3) is 11.8 Å². The van der Waals surface area contributed by atoms with Crippen LogP contribution in [0, 0.1) is 18.3 Å². The Morgan fingerprint density at radius 2 is 1.71 bits per heavy atom. The van der Waals surface area contributed by atoms with E-state index in [0.29, 0.717) is 44.1 Å². The Morgan fingerprint density at radius 1 is 0.976 bits per heavy atom. The Hall–Kier alpha value is -4.17. The van der Waals surface area contributed by atoms with Crippen molar-refractivity contribution in [1.82, 2.24) is 15.1 Å². The van der Waals surface area contributed by atoms with Gasteiger partial charge in [-0.05, 0) is 63.4 Å². The fraction of sp³-hybridized carbons (Fsp3) is 0.419. The van der Waals surface area contributed by atoms with E-state index >= 15 is 0 Å². The first-order valence-corrected chi connectivity index (χ1v) is 14.0. The number of hydrogen-bond donors (Lipinski definition) is 1. The van der Waals surface area contributed by atoms with Gasteiger partial charge in [-0.3, -0.25) is 14.5 Å². The van der Waals surface area contributed by atoms with E-state index in [9.17, 15) is 27.6 Å². The van der Waals surface area contributed by atoms with Crippen molar-refractivity contribution in [1.29, 1.82) is 5.26 Å². The molecule has 0 saturated carbocycles. The maximum absolute atomic E-state index is 13.4. The molecule has 8 nitrogen and oxygen atoms in total. The normalized spacial score (nSPS) is 16.3. The summed E-state index contributed by atoms with van der Waals surface area (Å²) >= 11 is 0. The summed E-state index contributed by atoms with van der Waals surface area (Å²) in [4.78, 5) is 43.3. The number of nitrogens with zero attached hydrogens (tertiary/aromatic N) is 4. The van der Waals surface area contributed by atoms with Gasteiger partial charge in [-0.25, -0.2) is 9.69 Å². The molecular weight excluding hydrogens is 547 g/mol. The van der Waals surface area contributed by atoms with Crippen molar-refractivity contribution in [2.45, 2.75) is 52.3 Å². The topological polar surface area (TPSA) is 96.8 Å². The number of benzene rings is 2. The van der Waals surface area contributed by atoms with Crippen molar-refractivity contribution in [3.05, 3.63) is 75.9 Å². The van der Waals surface area contributed by atoms with Gasteiger partial charge in [0.1, 0.15) is 0 Å². The monoisotopic (exact) mass is 581 g/mol. The molecule has 11 heteroatoms. The Balaban J connectivity index is 1.20. The molecule has 1 N–H and O–H groups in total. The molecule has 4 amide bonds. The fourth-order valence-corrected chi connectivity index (χ4v) is 5.32. The highest BCUT2D eigenvalue weighted by Crippen LogP contribution is 2.37. The number of carbonyl (C=O) groups excluding carboxylic acids is 3. The summed E-state index contributed by atoms with van der Waals surface area (Å²) in [5, 5.41) is 12.0. The third-order valence-electron chi connectivity index (χ3n) is 7.71. The van der Waals surface area contributed by atoms with E-state index in [1.54, 1.807) is 0 Å². The number of halogens is 3. The summed E-state index contributed by atoms with van der Waals surface area (Å²) in [6, 6.07) is 12.3. The molecule has 0 atom stereocenters. The number of urea groups is 1. The van der Waals surface area contributed by atoms with Crippen molar-refractivity contribution in [2.75, 3.05) is 37.6 Å². The van der Waals surface area contributed by atoms with Gasteiger partial charge in [-0.2, -0.15) is 18.4 Å². The number of piperazine rings is 1. The minimum Gasteiger partial charge on any atom is -0.334 e. The molecule has 2 aromatic rings. The number of carbonyl (C=O) groups is 3. The number of imide groups is 1. The largest absolute Gasteiger partial charge is 0.417 e. The smallest absolute Gasteiger partial charge is 0.334 e. The third-order valence-corrected chi connectivity index (χ3v) is 7.71. The second-order valence-electron chi connectivity index (χ2n) is 10.7. The predicted molar refractivity (Wildman–Crippen MR) is 151 cm³/mol. The number of nitrogens with one attached hydrogen (secondary N) is 1. The quantitative estimate of drug-likeness (QED) is 0.326. The van der Waals surface area contributed by atoms with Crippen LogP contribution >= 0.6 is 0 Å². The molecule has 2 aliphatic heterocycles. The Labute approximate surface area is 243 Å². The van der Waals surface area contributed by atoms with Gasteiger partial charge < -0.3 is 10.2 Å². The number of aryl methyl sites for hydroxylation is 1. The van der Waals surface area contributed by atoms with Gasteiger partial charge in [0.2, 0.25) is 0 Å². The van der Waals surface area contributed by atoms with E-state index in [1.165, 1.54) is 19.1 Å². The minimum absolute atomic E-state index is 0.0692. The summed E-state index contributed by atoms with van der Waals surface area (Å²) in [6.07, 6.45) is -2.10. The number of alkyl halides is 3. The van der Waals surface area contributed by atoms with Crippen LogP contribution in [-0.2, 0) is 22.3 Å². The molecule has 222 valence electrons. The van der Waals surface area contributed by atoms with Crippen LogP contribution in [0.2, 0.25) is 0 Å². The third kappa shape index (κ3) is 7.18. The van der Waals surface area contributed by atoms with E-state index in [4.69, 9.17) is 5.26 Å². The molecule has 0 aliphatic carbocycles. The lowest BCUT2D eigenvalue weighted by Crippen LogP contribution is -2.51. The molecule has 0 radical (unpaired) electrons. The van der Waals surface area contributed by atoms with E-state index in [0.717, 1.165) is 54.6 Å². The van der Waals surface area contributed by atoms with Crippen LogP contribution in [0.4, 0.5) is 23.7 Å². The van der Waals surface area contributed by atoms with Gasteiger partial charge in [-0.1, -0.05) is 36.2 Å². The van der Waals surface area contributed by atoms with E-state index in [2.05, 4.69) is 16.3 Å². The summed E-state index contributed by atoms with van der Waals surface area (Å²) in [5.41, 5.74) is 0.801. The first-order chi connectivity index (χ1) is 20.0. The number of hydrogen-bond acceptors (Lipinski definition) is 5. The number of amides is 4.